The minimum atomic E-state index is -0.631. The first-order valence-corrected chi connectivity index (χ1v) is 6.61. The number of allylic oxidation sites excluding steroid dienone is 1. The molecule has 0 saturated heterocycles. The van der Waals surface area contributed by atoms with Crippen molar-refractivity contribution >= 4 is 11.5 Å². The van der Waals surface area contributed by atoms with Crippen molar-refractivity contribution in [1.29, 1.82) is 0 Å². The maximum absolute atomic E-state index is 13.5. The first kappa shape index (κ1) is 16.4. The van der Waals surface area contributed by atoms with Crippen LogP contribution in [0.5, 0.6) is 0 Å². The quantitative estimate of drug-likeness (QED) is 0.833. The molecule has 1 aromatic carbocycles. The van der Waals surface area contributed by atoms with Crippen LogP contribution in [0.15, 0.2) is 30.3 Å². The van der Waals surface area contributed by atoms with Crippen molar-refractivity contribution in [3.63, 3.8) is 0 Å². The average molecular weight is 279 g/mol. The smallest absolute Gasteiger partial charge is 0.244 e. The fraction of sp³-hybridized carbons (Fsp3) is 0.438. The molecule has 0 fully saturated rings. The molecule has 0 aromatic heterocycles. The van der Waals surface area contributed by atoms with E-state index in [4.69, 9.17) is 0 Å². The fourth-order valence-electron chi connectivity index (χ4n) is 1.61. The van der Waals surface area contributed by atoms with Crippen molar-refractivity contribution in [1.82, 2.24) is 5.32 Å². The van der Waals surface area contributed by atoms with Crippen LogP contribution in [0.25, 0.3) is 5.57 Å². The highest BCUT2D eigenvalue weighted by Gasteiger charge is 2.22. The first-order valence-electron chi connectivity index (χ1n) is 6.61. The third-order valence-corrected chi connectivity index (χ3v) is 3.12. The lowest BCUT2D eigenvalue weighted by Gasteiger charge is -2.25. The number of nitrogens with one attached hydrogen (secondary N) is 1. The van der Waals surface area contributed by atoms with Crippen molar-refractivity contribution in [2.24, 2.45) is 5.41 Å². The van der Waals surface area contributed by atoms with Crippen molar-refractivity contribution in [2.45, 2.75) is 33.8 Å². The van der Waals surface area contributed by atoms with Crippen LogP contribution in [-0.2, 0) is 4.79 Å². The lowest BCUT2D eigenvalue weighted by Crippen LogP contribution is -2.38. The molecule has 20 heavy (non-hydrogen) atoms. The minimum absolute atomic E-state index is 0.170. The number of amides is 1. The van der Waals surface area contributed by atoms with Gasteiger partial charge in [0, 0.05) is 18.2 Å². The summed E-state index contributed by atoms with van der Waals surface area (Å²) < 4.78 is 13.5. The second-order valence-corrected chi connectivity index (χ2v) is 5.93. The van der Waals surface area contributed by atoms with Gasteiger partial charge in [0.1, 0.15) is 5.82 Å². The molecule has 0 saturated carbocycles. The first-order chi connectivity index (χ1) is 9.21. The van der Waals surface area contributed by atoms with E-state index in [1.807, 2.05) is 20.8 Å². The Bertz CT molecular complexity index is 503. The molecule has 0 bridgehead atoms. The lowest BCUT2D eigenvalue weighted by molar-refractivity contribution is -0.117. The molecule has 0 radical (unpaired) electrons. The van der Waals surface area contributed by atoms with Gasteiger partial charge in [0.05, 0.1) is 6.10 Å². The second-order valence-electron chi connectivity index (χ2n) is 5.93. The highest BCUT2D eigenvalue weighted by Crippen LogP contribution is 2.19. The Labute approximate surface area is 119 Å². The molecule has 2 N–H and O–H groups in total. The molecule has 110 valence electrons. The summed E-state index contributed by atoms with van der Waals surface area (Å²) in [6.45, 7) is 7.53. The van der Waals surface area contributed by atoms with Crippen LogP contribution < -0.4 is 5.32 Å². The van der Waals surface area contributed by atoms with Gasteiger partial charge < -0.3 is 10.4 Å². The largest absolute Gasteiger partial charge is 0.391 e. The Morgan fingerprint density at radius 1 is 1.40 bits per heavy atom. The molecular formula is C16H22FNO2. The molecule has 0 spiro atoms. The van der Waals surface area contributed by atoms with Crippen LogP contribution in [0.4, 0.5) is 4.39 Å². The summed E-state index contributed by atoms with van der Waals surface area (Å²) in [6.07, 6.45) is 0.710. The lowest BCUT2D eigenvalue weighted by atomic mass is 9.89. The zero-order chi connectivity index (χ0) is 15.3. The van der Waals surface area contributed by atoms with Gasteiger partial charge in [-0.25, -0.2) is 4.39 Å². The number of benzene rings is 1. The van der Waals surface area contributed by atoms with Gasteiger partial charge in [0.25, 0.3) is 0 Å². The van der Waals surface area contributed by atoms with E-state index in [0.29, 0.717) is 11.1 Å². The molecule has 1 unspecified atom stereocenters. The molecule has 1 rings (SSSR count). The highest BCUT2D eigenvalue weighted by atomic mass is 19.1. The Balaban J connectivity index is 2.66. The predicted octanol–water partition coefficient (Wildman–Crippen LogP) is 2.75. The van der Waals surface area contributed by atoms with Crippen molar-refractivity contribution in [3.05, 3.63) is 41.7 Å². The Morgan fingerprint density at radius 3 is 2.55 bits per heavy atom. The number of hydrogen-bond donors (Lipinski definition) is 2. The van der Waals surface area contributed by atoms with Gasteiger partial charge in [0.2, 0.25) is 5.91 Å². The number of carbonyl (C=O) groups is 1. The molecule has 3 nitrogen and oxygen atoms in total. The van der Waals surface area contributed by atoms with E-state index in [0.717, 1.165) is 0 Å². The van der Waals surface area contributed by atoms with E-state index in [1.54, 1.807) is 25.1 Å². The maximum Gasteiger partial charge on any atom is 0.244 e. The summed E-state index contributed by atoms with van der Waals surface area (Å²) in [5, 5.41) is 12.5. The molecule has 0 aliphatic carbocycles. The van der Waals surface area contributed by atoms with Crippen LogP contribution in [0.1, 0.15) is 33.3 Å². The van der Waals surface area contributed by atoms with Crippen LogP contribution in [0.2, 0.25) is 0 Å². The van der Waals surface area contributed by atoms with E-state index in [-0.39, 0.29) is 23.7 Å². The number of rotatable bonds is 4. The van der Waals surface area contributed by atoms with Crippen LogP contribution >= 0.6 is 0 Å². The minimum Gasteiger partial charge on any atom is -0.391 e. The van der Waals surface area contributed by atoms with Gasteiger partial charge >= 0.3 is 0 Å². The highest BCUT2D eigenvalue weighted by molar-refractivity contribution is 5.94. The van der Waals surface area contributed by atoms with Gasteiger partial charge in [-0.2, -0.15) is 0 Å². The van der Waals surface area contributed by atoms with Crippen molar-refractivity contribution in [2.75, 3.05) is 6.54 Å². The predicted molar refractivity (Wildman–Crippen MR) is 78.5 cm³/mol. The molecule has 0 aliphatic heterocycles. The number of carbonyl (C=O) groups excluding carboxylic acids is 1. The average Bonchev–Trinajstić information content (AvgIpc) is 2.35. The van der Waals surface area contributed by atoms with Gasteiger partial charge in [-0.15, -0.1) is 0 Å². The number of hydrogen-bond acceptors (Lipinski definition) is 2. The summed E-state index contributed by atoms with van der Waals surface area (Å²) in [7, 11) is 0. The second kappa shape index (κ2) is 6.66. The van der Waals surface area contributed by atoms with Gasteiger partial charge in [-0.1, -0.05) is 39.0 Å². The molecule has 0 heterocycles. The van der Waals surface area contributed by atoms with Crippen LogP contribution in [0, 0.1) is 11.2 Å². The summed E-state index contributed by atoms with van der Waals surface area (Å²) in [4.78, 5) is 11.7. The number of aliphatic hydroxyl groups excluding tert-OH is 1. The van der Waals surface area contributed by atoms with E-state index in [2.05, 4.69) is 5.32 Å². The summed E-state index contributed by atoms with van der Waals surface area (Å²) >= 11 is 0. The van der Waals surface area contributed by atoms with Gasteiger partial charge in [-0.3, -0.25) is 4.79 Å². The standard InChI is InChI=1S/C16H22FNO2/c1-11(12-7-5-6-8-13(12)17)9-15(20)18-10-14(19)16(2,3)4/h5-9,14,19H,10H2,1-4H3,(H,18,20)/b11-9-. The molecule has 1 aromatic rings. The fourth-order valence-corrected chi connectivity index (χ4v) is 1.61. The molecular weight excluding hydrogens is 257 g/mol. The molecule has 0 aliphatic rings. The number of halogens is 1. The molecule has 1 amide bonds. The van der Waals surface area contributed by atoms with E-state index < -0.39 is 6.10 Å². The zero-order valence-corrected chi connectivity index (χ0v) is 12.4. The summed E-state index contributed by atoms with van der Waals surface area (Å²) in [6, 6.07) is 6.30. The van der Waals surface area contributed by atoms with Gasteiger partial charge in [0.15, 0.2) is 0 Å². The van der Waals surface area contributed by atoms with Crippen LogP contribution in [0.3, 0.4) is 0 Å². The van der Waals surface area contributed by atoms with Gasteiger partial charge in [-0.05, 0) is 24.0 Å². The van der Waals surface area contributed by atoms with E-state index >= 15 is 0 Å². The van der Waals surface area contributed by atoms with Crippen LogP contribution in [-0.4, -0.2) is 23.7 Å². The molecule has 4 heteroatoms. The van der Waals surface area contributed by atoms with Crippen molar-refractivity contribution < 1.29 is 14.3 Å². The summed E-state index contributed by atoms with van der Waals surface area (Å²) in [5.41, 5.74) is 0.655. The number of aliphatic hydroxyl groups is 1. The topological polar surface area (TPSA) is 49.3 Å². The summed E-state index contributed by atoms with van der Waals surface area (Å²) in [5.74, 6) is -0.696. The van der Waals surface area contributed by atoms with E-state index in [1.165, 1.54) is 12.1 Å². The monoisotopic (exact) mass is 279 g/mol. The third kappa shape index (κ3) is 4.78. The normalized spacial score (nSPS) is 14.0. The van der Waals surface area contributed by atoms with E-state index in [9.17, 15) is 14.3 Å². The molecule has 1 atom stereocenters. The Morgan fingerprint density at radius 2 is 2.00 bits per heavy atom. The maximum atomic E-state index is 13.5. The van der Waals surface area contributed by atoms with Crippen molar-refractivity contribution in [3.8, 4) is 0 Å². The SMILES string of the molecule is C/C(=C/C(=O)NCC(O)C(C)(C)C)c1ccccc1F. The third-order valence-electron chi connectivity index (χ3n) is 3.12. The Hall–Kier alpha value is -1.68. The Kier molecular flexibility index (Phi) is 5.45. The zero-order valence-electron chi connectivity index (χ0n) is 12.4.